The van der Waals surface area contributed by atoms with Crippen molar-refractivity contribution in [3.8, 4) is 0 Å². The molecule has 8 nitrogen and oxygen atoms in total. The molecule has 2 saturated carbocycles. The first-order valence-electron chi connectivity index (χ1n) is 10.5. The molecule has 9 atom stereocenters. The molecule has 0 bridgehead atoms. The van der Waals surface area contributed by atoms with Crippen LogP contribution in [0.25, 0.3) is 0 Å². The Morgan fingerprint density at radius 1 is 1.30 bits per heavy atom. The second kappa shape index (κ2) is 5.92. The highest BCUT2D eigenvalue weighted by Crippen LogP contribution is 2.69. The Bertz CT molecular complexity index is 850. The molecular weight excluding hydrogens is 392 g/mol. The highest BCUT2D eigenvalue weighted by atomic mass is 16.6. The quantitative estimate of drug-likeness (QED) is 0.362. The van der Waals surface area contributed by atoms with E-state index >= 15 is 0 Å². The molecule has 0 spiro atoms. The topological polar surface area (TPSA) is 137 Å². The van der Waals surface area contributed by atoms with Gasteiger partial charge in [-0.3, -0.25) is 9.59 Å². The molecule has 4 aliphatic rings. The lowest BCUT2D eigenvalue weighted by Gasteiger charge is -2.62. The average Bonchev–Trinajstić information content (AvgIpc) is 3.31. The number of hydrogen-bond donors (Lipinski definition) is 4. The largest absolute Gasteiger partial charge is 0.459 e. The zero-order valence-electron chi connectivity index (χ0n) is 18.3. The van der Waals surface area contributed by atoms with Crippen molar-refractivity contribution in [2.75, 3.05) is 6.61 Å². The standard InChI is InChI=1S/C22H32O8/c1-10-7-13-21(27)11(2)8-19(6,29-12(3)24)18(4,5)14(21)16-20(9-23,30-16)17(26)22(13,28)15(10)25/h7,11,13-14,16-17,23,26-28H,8-9H2,1-6H3/t11-,13+,14+,16?,17-,19-,20?,21+,22-/m1/s1. The first-order chi connectivity index (χ1) is 13.6. The summed E-state index contributed by atoms with van der Waals surface area (Å²) in [5.41, 5.74) is -7.15. The molecule has 30 heavy (non-hydrogen) atoms. The molecule has 1 aliphatic heterocycles. The second-order valence-corrected chi connectivity index (χ2v) is 10.6. The lowest BCUT2D eigenvalue weighted by Crippen LogP contribution is -2.71. The van der Waals surface area contributed by atoms with Gasteiger partial charge in [-0.2, -0.15) is 0 Å². The van der Waals surface area contributed by atoms with Crippen molar-refractivity contribution in [3.63, 3.8) is 0 Å². The third kappa shape index (κ3) is 2.19. The van der Waals surface area contributed by atoms with E-state index in [4.69, 9.17) is 9.47 Å². The van der Waals surface area contributed by atoms with E-state index in [9.17, 15) is 30.0 Å². The summed E-state index contributed by atoms with van der Waals surface area (Å²) in [5, 5.41) is 45.2. The summed E-state index contributed by atoms with van der Waals surface area (Å²) >= 11 is 0. The molecule has 1 saturated heterocycles. The summed E-state index contributed by atoms with van der Waals surface area (Å²) in [7, 11) is 0. The second-order valence-electron chi connectivity index (χ2n) is 10.6. The maximum Gasteiger partial charge on any atom is 0.303 e. The van der Waals surface area contributed by atoms with Gasteiger partial charge in [0.05, 0.1) is 18.3 Å². The first-order valence-corrected chi connectivity index (χ1v) is 10.5. The zero-order valence-corrected chi connectivity index (χ0v) is 18.3. The Balaban J connectivity index is 1.97. The van der Waals surface area contributed by atoms with Crippen LogP contribution in [0.3, 0.4) is 0 Å². The van der Waals surface area contributed by atoms with Crippen LogP contribution in [-0.4, -0.2) is 73.4 Å². The molecule has 8 heteroatoms. The molecule has 4 rings (SSSR count). The summed E-state index contributed by atoms with van der Waals surface area (Å²) in [6.45, 7) is 9.55. The summed E-state index contributed by atoms with van der Waals surface area (Å²) in [6, 6.07) is 0. The fraction of sp³-hybridized carbons (Fsp3) is 0.818. The normalized spacial score (nSPS) is 53.7. The number of epoxide rings is 1. The van der Waals surface area contributed by atoms with E-state index in [1.165, 1.54) is 13.0 Å². The highest BCUT2D eigenvalue weighted by Gasteiger charge is 2.84. The van der Waals surface area contributed by atoms with Gasteiger partial charge in [0.15, 0.2) is 11.4 Å². The Morgan fingerprint density at radius 3 is 2.43 bits per heavy atom. The van der Waals surface area contributed by atoms with E-state index < -0.39 is 76.1 Å². The molecular formula is C22H32O8. The molecule has 4 N–H and O–H groups in total. The molecule has 0 aromatic rings. The van der Waals surface area contributed by atoms with Gasteiger partial charge in [0, 0.05) is 24.2 Å². The van der Waals surface area contributed by atoms with Crippen LogP contribution in [0.2, 0.25) is 0 Å². The van der Waals surface area contributed by atoms with Crippen molar-refractivity contribution >= 4 is 11.8 Å². The van der Waals surface area contributed by atoms with Crippen LogP contribution in [0.15, 0.2) is 11.6 Å². The first kappa shape index (κ1) is 21.9. The molecule has 0 amide bonds. The third-order valence-corrected chi connectivity index (χ3v) is 8.80. The van der Waals surface area contributed by atoms with Crippen LogP contribution in [0, 0.1) is 23.2 Å². The summed E-state index contributed by atoms with van der Waals surface area (Å²) < 4.78 is 11.6. The van der Waals surface area contributed by atoms with E-state index in [2.05, 4.69) is 0 Å². The van der Waals surface area contributed by atoms with Crippen LogP contribution in [-0.2, 0) is 19.1 Å². The van der Waals surface area contributed by atoms with Gasteiger partial charge in [-0.05, 0) is 31.8 Å². The number of carbonyl (C=O) groups excluding carboxylic acids is 2. The number of aliphatic hydroxyl groups is 4. The molecule has 3 fully saturated rings. The van der Waals surface area contributed by atoms with E-state index in [1.807, 2.05) is 20.8 Å². The minimum absolute atomic E-state index is 0.249. The van der Waals surface area contributed by atoms with Crippen molar-refractivity contribution in [3.05, 3.63) is 11.6 Å². The number of aliphatic hydroxyl groups excluding tert-OH is 2. The predicted molar refractivity (Wildman–Crippen MR) is 104 cm³/mol. The van der Waals surface area contributed by atoms with Crippen molar-refractivity contribution in [2.24, 2.45) is 23.2 Å². The molecule has 0 aromatic carbocycles. The molecule has 1 heterocycles. The summed E-state index contributed by atoms with van der Waals surface area (Å²) in [6.07, 6.45) is -0.722. The van der Waals surface area contributed by atoms with Gasteiger partial charge in [0.1, 0.15) is 17.3 Å². The van der Waals surface area contributed by atoms with Crippen LogP contribution in [0.4, 0.5) is 0 Å². The minimum atomic E-state index is -2.31. The zero-order chi connectivity index (χ0) is 22.7. The van der Waals surface area contributed by atoms with E-state index in [1.54, 1.807) is 13.8 Å². The summed E-state index contributed by atoms with van der Waals surface area (Å²) in [4.78, 5) is 24.9. The van der Waals surface area contributed by atoms with Crippen LogP contribution >= 0.6 is 0 Å². The van der Waals surface area contributed by atoms with Crippen molar-refractivity contribution in [1.29, 1.82) is 0 Å². The highest BCUT2D eigenvalue weighted by molar-refractivity contribution is 6.05. The minimum Gasteiger partial charge on any atom is -0.459 e. The SMILES string of the molecule is CC(=O)O[C@]1(C)C[C@@H](C)[C@]2(O)[C@@H]3C=C(C)C(=O)[C@@]3(O)[C@H](O)C3(CO)OC3[C@H]2C1(C)C. The van der Waals surface area contributed by atoms with Crippen molar-refractivity contribution in [1.82, 2.24) is 0 Å². The van der Waals surface area contributed by atoms with Gasteiger partial charge >= 0.3 is 5.97 Å². The number of Topliss-reactive ketones (excluding diaryl/α,β-unsaturated/α-hetero) is 1. The Hall–Kier alpha value is -1.32. The Labute approximate surface area is 175 Å². The maximum absolute atomic E-state index is 13.0. The molecule has 0 radical (unpaired) electrons. The summed E-state index contributed by atoms with van der Waals surface area (Å²) in [5.74, 6) is -3.47. The van der Waals surface area contributed by atoms with Gasteiger partial charge in [-0.15, -0.1) is 0 Å². The molecule has 168 valence electrons. The Kier molecular flexibility index (Phi) is 4.32. The molecule has 0 aromatic heterocycles. The van der Waals surface area contributed by atoms with Crippen molar-refractivity contribution < 1.29 is 39.5 Å². The van der Waals surface area contributed by atoms with E-state index in [-0.39, 0.29) is 12.0 Å². The van der Waals surface area contributed by atoms with Gasteiger partial charge < -0.3 is 29.9 Å². The fourth-order valence-corrected chi connectivity index (χ4v) is 6.88. The number of ether oxygens (including phenoxy) is 2. The smallest absolute Gasteiger partial charge is 0.303 e. The number of esters is 1. The van der Waals surface area contributed by atoms with Crippen LogP contribution in [0.1, 0.15) is 48.0 Å². The molecule has 2 unspecified atom stereocenters. The lowest BCUT2D eigenvalue weighted by atomic mass is 9.47. The predicted octanol–water partition coefficient (Wildman–Crippen LogP) is 0.102. The number of hydrogen-bond acceptors (Lipinski definition) is 8. The van der Waals surface area contributed by atoms with Crippen LogP contribution in [0.5, 0.6) is 0 Å². The fourth-order valence-electron chi connectivity index (χ4n) is 6.88. The number of ketones is 1. The monoisotopic (exact) mass is 424 g/mol. The number of fused-ring (bicyclic) bond motifs is 5. The lowest BCUT2D eigenvalue weighted by molar-refractivity contribution is -0.265. The van der Waals surface area contributed by atoms with Gasteiger partial charge in [0.25, 0.3) is 0 Å². The molecule has 3 aliphatic carbocycles. The van der Waals surface area contributed by atoms with E-state index in [0.29, 0.717) is 0 Å². The number of rotatable bonds is 2. The van der Waals surface area contributed by atoms with Gasteiger partial charge in [-0.25, -0.2) is 0 Å². The maximum atomic E-state index is 13.0. The Morgan fingerprint density at radius 2 is 1.90 bits per heavy atom. The average molecular weight is 424 g/mol. The third-order valence-electron chi connectivity index (χ3n) is 8.80. The van der Waals surface area contributed by atoms with Crippen molar-refractivity contribution in [2.45, 2.75) is 82.6 Å². The van der Waals surface area contributed by atoms with Gasteiger partial charge in [0.2, 0.25) is 0 Å². The van der Waals surface area contributed by atoms with E-state index in [0.717, 1.165) is 0 Å². The van der Waals surface area contributed by atoms with Crippen LogP contribution < -0.4 is 0 Å². The number of carbonyl (C=O) groups is 2. The van der Waals surface area contributed by atoms with Gasteiger partial charge in [-0.1, -0.05) is 26.8 Å².